The molecule has 0 bridgehead atoms. The molecule has 0 saturated heterocycles. The molecule has 2 aromatic rings. The summed E-state index contributed by atoms with van der Waals surface area (Å²) in [7, 11) is 0. The van der Waals surface area contributed by atoms with E-state index in [1.165, 1.54) is 18.3 Å². The van der Waals surface area contributed by atoms with Crippen LogP contribution in [0.1, 0.15) is 36.7 Å². The Kier molecular flexibility index (Phi) is 5.07. The zero-order chi connectivity index (χ0) is 17.2. The number of anilines is 1. The fraction of sp³-hybridized carbons (Fsp3) is 0.235. The number of halogens is 2. The number of ketones is 1. The van der Waals surface area contributed by atoms with Crippen molar-refractivity contribution in [3.05, 3.63) is 57.8 Å². The van der Waals surface area contributed by atoms with Crippen LogP contribution in [-0.2, 0) is 4.79 Å². The van der Waals surface area contributed by atoms with E-state index in [1.807, 2.05) is 0 Å². The van der Waals surface area contributed by atoms with Crippen molar-refractivity contribution in [1.82, 2.24) is 4.98 Å². The topological polar surface area (TPSA) is 59.1 Å². The molecule has 1 amide bonds. The average Bonchev–Trinajstić information content (AvgIpc) is 2.47. The molecule has 0 fully saturated rings. The van der Waals surface area contributed by atoms with Gasteiger partial charge in [-0.2, -0.15) is 0 Å². The lowest BCUT2D eigenvalue weighted by Crippen LogP contribution is -2.28. The van der Waals surface area contributed by atoms with Gasteiger partial charge in [-0.05, 0) is 30.3 Å². The van der Waals surface area contributed by atoms with Gasteiger partial charge in [0.05, 0.1) is 5.69 Å². The number of rotatable bonds is 3. The molecule has 1 aromatic heterocycles. The molecule has 0 aliphatic rings. The highest BCUT2D eigenvalue weighted by atomic mass is 35.5. The van der Waals surface area contributed by atoms with E-state index in [0.717, 1.165) is 0 Å². The molecular formula is C17H16Cl2N2O2. The normalized spacial score (nSPS) is 11.2. The van der Waals surface area contributed by atoms with Gasteiger partial charge in [0, 0.05) is 27.8 Å². The molecule has 0 aliphatic carbocycles. The van der Waals surface area contributed by atoms with Crippen LogP contribution < -0.4 is 5.32 Å². The molecule has 4 nitrogen and oxygen atoms in total. The molecule has 1 aromatic carbocycles. The molecule has 6 heteroatoms. The molecule has 0 saturated carbocycles. The van der Waals surface area contributed by atoms with Crippen molar-refractivity contribution in [3.63, 3.8) is 0 Å². The third-order valence-electron chi connectivity index (χ3n) is 3.14. The van der Waals surface area contributed by atoms with Gasteiger partial charge in [-0.3, -0.25) is 9.59 Å². The Hall–Kier alpha value is -1.91. The van der Waals surface area contributed by atoms with Crippen LogP contribution in [0.3, 0.4) is 0 Å². The van der Waals surface area contributed by atoms with E-state index in [1.54, 1.807) is 39.0 Å². The summed E-state index contributed by atoms with van der Waals surface area (Å²) in [6.45, 7) is 5.38. The van der Waals surface area contributed by atoms with Crippen molar-refractivity contribution >= 4 is 40.6 Å². The molecule has 0 aliphatic heterocycles. The van der Waals surface area contributed by atoms with E-state index in [-0.39, 0.29) is 16.8 Å². The molecule has 120 valence electrons. The Morgan fingerprint density at radius 1 is 1.09 bits per heavy atom. The highest BCUT2D eigenvalue weighted by molar-refractivity contribution is 6.32. The average molecular weight is 351 g/mol. The summed E-state index contributed by atoms with van der Waals surface area (Å²) in [5.74, 6) is -0.484. The number of hydrogen-bond donors (Lipinski definition) is 1. The third kappa shape index (κ3) is 4.30. The predicted molar refractivity (Wildman–Crippen MR) is 92.2 cm³/mol. The standard InChI is InChI=1S/C17H16Cl2N2O2/c1-17(2,3)16(23)21-13-5-4-11(18)9-12(13)15(22)10-6-7-20-14(19)8-10/h4-9H,1-3H3,(H,21,23). The molecule has 2 rings (SSSR count). The zero-order valence-electron chi connectivity index (χ0n) is 13.0. The van der Waals surface area contributed by atoms with Crippen molar-refractivity contribution in [2.45, 2.75) is 20.8 Å². The van der Waals surface area contributed by atoms with Crippen LogP contribution in [0, 0.1) is 5.41 Å². The molecule has 0 atom stereocenters. The first-order chi connectivity index (χ1) is 10.7. The second kappa shape index (κ2) is 6.69. The number of nitrogens with one attached hydrogen (secondary N) is 1. The number of amides is 1. The van der Waals surface area contributed by atoms with Gasteiger partial charge in [0.1, 0.15) is 5.15 Å². The van der Waals surface area contributed by atoms with Crippen LogP contribution in [0.2, 0.25) is 10.2 Å². The lowest BCUT2D eigenvalue weighted by Gasteiger charge is -2.19. The fourth-order valence-electron chi connectivity index (χ4n) is 1.82. The van der Waals surface area contributed by atoms with Gasteiger partial charge in [0.25, 0.3) is 0 Å². The summed E-state index contributed by atoms with van der Waals surface area (Å²) in [6.07, 6.45) is 1.45. The van der Waals surface area contributed by atoms with Gasteiger partial charge in [0.15, 0.2) is 5.78 Å². The van der Waals surface area contributed by atoms with Crippen LogP contribution in [0.15, 0.2) is 36.5 Å². The maximum Gasteiger partial charge on any atom is 0.229 e. The van der Waals surface area contributed by atoms with Crippen molar-refractivity contribution in [2.75, 3.05) is 5.32 Å². The molecule has 0 radical (unpaired) electrons. The Bertz CT molecular complexity index is 767. The van der Waals surface area contributed by atoms with Crippen molar-refractivity contribution in [2.24, 2.45) is 5.41 Å². The minimum absolute atomic E-state index is 0.193. The summed E-state index contributed by atoms with van der Waals surface area (Å²) < 4.78 is 0. The number of nitrogens with zero attached hydrogens (tertiary/aromatic N) is 1. The predicted octanol–water partition coefficient (Wildman–Crippen LogP) is 4.60. The van der Waals surface area contributed by atoms with Crippen LogP contribution in [-0.4, -0.2) is 16.7 Å². The molecule has 1 N–H and O–H groups in total. The van der Waals surface area contributed by atoms with Gasteiger partial charge >= 0.3 is 0 Å². The fourth-order valence-corrected chi connectivity index (χ4v) is 2.17. The molecule has 0 spiro atoms. The van der Waals surface area contributed by atoms with Gasteiger partial charge < -0.3 is 5.32 Å². The first-order valence-electron chi connectivity index (χ1n) is 6.96. The van der Waals surface area contributed by atoms with Gasteiger partial charge in [-0.1, -0.05) is 44.0 Å². The Balaban J connectivity index is 2.43. The van der Waals surface area contributed by atoms with E-state index in [2.05, 4.69) is 10.3 Å². The summed E-state index contributed by atoms with van der Waals surface area (Å²) in [4.78, 5) is 28.8. The van der Waals surface area contributed by atoms with E-state index < -0.39 is 5.41 Å². The van der Waals surface area contributed by atoms with Crippen molar-refractivity contribution in [3.8, 4) is 0 Å². The van der Waals surface area contributed by atoms with Gasteiger partial charge in [-0.15, -0.1) is 0 Å². The van der Waals surface area contributed by atoms with Crippen molar-refractivity contribution in [1.29, 1.82) is 0 Å². The van der Waals surface area contributed by atoms with E-state index in [0.29, 0.717) is 21.8 Å². The summed E-state index contributed by atoms with van der Waals surface area (Å²) in [6, 6.07) is 7.79. The number of pyridine rings is 1. The SMILES string of the molecule is CC(C)(C)C(=O)Nc1ccc(Cl)cc1C(=O)c1ccnc(Cl)c1. The van der Waals surface area contributed by atoms with Gasteiger partial charge in [0.2, 0.25) is 5.91 Å². The minimum atomic E-state index is -0.583. The number of hydrogen-bond acceptors (Lipinski definition) is 3. The largest absolute Gasteiger partial charge is 0.325 e. The highest BCUT2D eigenvalue weighted by Gasteiger charge is 2.23. The molecule has 1 heterocycles. The van der Waals surface area contributed by atoms with E-state index in [4.69, 9.17) is 23.2 Å². The lowest BCUT2D eigenvalue weighted by atomic mass is 9.95. The zero-order valence-corrected chi connectivity index (χ0v) is 14.5. The number of carbonyl (C=O) groups excluding carboxylic acids is 2. The lowest BCUT2D eigenvalue weighted by molar-refractivity contribution is -0.123. The first-order valence-corrected chi connectivity index (χ1v) is 7.71. The third-order valence-corrected chi connectivity index (χ3v) is 3.59. The van der Waals surface area contributed by atoms with Crippen LogP contribution in [0.5, 0.6) is 0 Å². The number of aromatic nitrogens is 1. The van der Waals surface area contributed by atoms with Gasteiger partial charge in [-0.25, -0.2) is 4.98 Å². The first kappa shape index (κ1) is 17.4. The monoisotopic (exact) mass is 350 g/mol. The van der Waals surface area contributed by atoms with E-state index in [9.17, 15) is 9.59 Å². The molecule has 23 heavy (non-hydrogen) atoms. The summed E-state index contributed by atoms with van der Waals surface area (Å²) in [5.41, 5.74) is 0.503. The quantitative estimate of drug-likeness (QED) is 0.649. The van der Waals surface area contributed by atoms with E-state index >= 15 is 0 Å². The second-order valence-corrected chi connectivity index (χ2v) is 6.91. The maximum absolute atomic E-state index is 12.7. The van der Waals surface area contributed by atoms with Crippen LogP contribution in [0.25, 0.3) is 0 Å². The number of benzene rings is 1. The second-order valence-electron chi connectivity index (χ2n) is 6.09. The molecule has 0 unspecified atom stereocenters. The Morgan fingerprint density at radius 2 is 1.78 bits per heavy atom. The highest BCUT2D eigenvalue weighted by Crippen LogP contribution is 2.26. The van der Waals surface area contributed by atoms with Crippen LogP contribution in [0.4, 0.5) is 5.69 Å². The van der Waals surface area contributed by atoms with Crippen molar-refractivity contribution < 1.29 is 9.59 Å². The smallest absolute Gasteiger partial charge is 0.229 e. The molecular weight excluding hydrogens is 335 g/mol. The van der Waals surface area contributed by atoms with Crippen LogP contribution >= 0.6 is 23.2 Å². The Morgan fingerprint density at radius 3 is 2.39 bits per heavy atom. The maximum atomic E-state index is 12.7. The summed E-state index contributed by atoms with van der Waals surface area (Å²) in [5, 5.41) is 3.40. The Labute approximate surface area is 144 Å². The minimum Gasteiger partial charge on any atom is -0.325 e. The summed E-state index contributed by atoms with van der Waals surface area (Å²) >= 11 is 11.8. The number of carbonyl (C=O) groups is 2.